The van der Waals surface area contributed by atoms with E-state index in [0.29, 0.717) is 116 Å². The molecule has 0 aromatic rings. The molecule has 6 aliphatic carbocycles. The van der Waals surface area contributed by atoms with Gasteiger partial charge in [-0.15, -0.1) is 0 Å². The molecule has 32 heteroatoms. The lowest BCUT2D eigenvalue weighted by molar-refractivity contribution is -0.309. The van der Waals surface area contributed by atoms with Crippen LogP contribution in [0.15, 0.2) is 0 Å². The predicted molar refractivity (Wildman–Crippen MR) is 612 cm³/mol. The van der Waals surface area contributed by atoms with Crippen molar-refractivity contribution in [2.24, 2.45) is 188 Å². The van der Waals surface area contributed by atoms with Gasteiger partial charge in [0.15, 0.2) is 37.7 Å². The molecule has 60 unspecified atom stereocenters. The molecule has 6 heterocycles. The molecule has 12 fully saturated rings. The van der Waals surface area contributed by atoms with Crippen molar-refractivity contribution in [2.75, 3.05) is 13.1 Å². The van der Waals surface area contributed by atoms with Gasteiger partial charge in [-0.05, 0) is 183 Å². The molecule has 904 valence electrons. The highest BCUT2D eigenvalue weighted by molar-refractivity contribution is 5.03. The van der Waals surface area contributed by atoms with E-state index in [4.69, 9.17) is 103 Å². The second-order valence-electron chi connectivity index (χ2n) is 44.6. The van der Waals surface area contributed by atoms with Gasteiger partial charge in [0.1, 0.15) is 36.6 Å². The van der Waals surface area contributed by atoms with Crippen molar-refractivity contribution < 1.29 is 118 Å². The molecule has 148 heavy (non-hydrogen) atoms. The topological polar surface area (TPSA) is 562 Å². The van der Waals surface area contributed by atoms with Crippen LogP contribution in [0.3, 0.4) is 0 Å². The molecule has 28 N–H and O–H groups in total. The molecule has 0 radical (unpaired) electrons. The van der Waals surface area contributed by atoms with Gasteiger partial charge in [0, 0.05) is 60.9 Å². The fourth-order valence-electron chi connectivity index (χ4n) is 23.1. The molecule has 0 bridgehead atoms. The first-order valence-electron chi connectivity index (χ1n) is 53.6. The third-order valence-corrected chi connectivity index (χ3v) is 35.5. The van der Waals surface area contributed by atoms with E-state index in [0.717, 1.165) is 38.5 Å². The first-order valence-corrected chi connectivity index (χ1v) is 53.6. The van der Waals surface area contributed by atoms with Crippen molar-refractivity contribution in [3.8, 4) is 0 Å². The Morgan fingerprint density at radius 2 is 0.412 bits per heavy atom. The zero-order valence-corrected chi connectivity index (χ0v) is 90.0. The molecular weight excluding hydrogens is 1890 g/mol. The van der Waals surface area contributed by atoms with E-state index in [1.165, 1.54) is 0 Å². The highest BCUT2D eigenvalue weighted by Crippen LogP contribution is 2.47. The van der Waals surface area contributed by atoms with Gasteiger partial charge >= 0.3 is 0 Å². The van der Waals surface area contributed by atoms with Crippen LogP contribution in [-0.4, -0.2) is 295 Å². The zero-order chi connectivity index (χ0) is 104. The first-order chi connectivity index (χ1) is 63.6. The minimum absolute atomic E-state index is 0. The number of ether oxygens (including phenoxy) is 12. The quantitative estimate of drug-likeness (QED) is 0.0606. The van der Waals surface area contributed by atoms with Crippen LogP contribution in [0.2, 0.25) is 0 Å². The maximum absolute atomic E-state index is 10.7. The summed E-state index contributed by atoms with van der Waals surface area (Å²) in [5.41, 5.74) is 47.9. The van der Waals surface area contributed by atoms with Crippen LogP contribution in [0, 0.1) is 142 Å². The monoisotopic (exact) mass is 2150 g/mol. The Kier molecular flexibility index (Phi) is 81.2. The Morgan fingerprint density at radius 1 is 0.189 bits per heavy atom. The molecule has 12 rings (SSSR count). The lowest BCUT2D eigenvalue weighted by atomic mass is 9.72. The van der Waals surface area contributed by atoms with Crippen molar-refractivity contribution in [3.63, 3.8) is 0 Å². The fraction of sp³-hybridized carbons (Fsp3) is 1.00. The maximum Gasteiger partial charge on any atom is 0.173 e. The van der Waals surface area contributed by atoms with Gasteiger partial charge in [-0.1, -0.05) is 311 Å². The van der Waals surface area contributed by atoms with Gasteiger partial charge in [-0.3, -0.25) is 0 Å². The van der Waals surface area contributed by atoms with Gasteiger partial charge in [-0.2, -0.15) is 0 Å². The Morgan fingerprint density at radius 3 is 0.696 bits per heavy atom. The minimum Gasteiger partial charge on any atom is -0.390 e. The lowest BCUT2D eigenvalue weighted by Crippen LogP contribution is -2.65. The van der Waals surface area contributed by atoms with Crippen LogP contribution >= 0.6 is 0 Å². The largest absolute Gasteiger partial charge is 0.390 e. The Hall–Kier alpha value is -1.28. The average Bonchev–Trinajstić information content (AvgIpc) is 0.806. The SMILES string of the molecule is C.C.C.C.C.C.C.C.C.C.C.C.CC.CC.CC1C(CN)OC(OC2C(N)CC(N)C(C)C2O)C(N)C1C.CC1C(CN)OC(OC2C(N)CC(N)C(O)C2O)C(N)C1C.CCC1OC(OC2C(C)CC(C)C(C)C2O)C(C)C(C)C1C.CCC1OC(OC2C(C)CC(C)C(C)C2O)C(C)C(C)C1C.CCC1OC(OC2C(C)CC(C)C(C)C2O)C(C)C(O)C1O.CCC1OC(OC2C(C)CC(C)C(O)C2O)C(C)C(O)C1O. The van der Waals surface area contributed by atoms with Crippen LogP contribution in [0.4, 0.5) is 0 Å². The zero-order valence-electron chi connectivity index (χ0n) is 90.0. The third-order valence-electron chi connectivity index (χ3n) is 35.5. The second kappa shape index (κ2) is 74.3. The molecular formula is C116H256N8O24. The molecule has 0 amide bonds. The van der Waals surface area contributed by atoms with Gasteiger partial charge < -0.3 is 164 Å². The molecule has 60 atom stereocenters. The van der Waals surface area contributed by atoms with Crippen LogP contribution < -0.4 is 45.9 Å². The first kappa shape index (κ1) is 162. The minimum atomic E-state index is -1.17. The molecule has 12 aliphatic rings. The molecule has 0 spiro atoms. The highest BCUT2D eigenvalue weighted by Gasteiger charge is 2.55. The summed E-state index contributed by atoms with van der Waals surface area (Å²) in [5.74, 6) is 6.46. The van der Waals surface area contributed by atoms with Gasteiger partial charge in [0.2, 0.25) is 0 Å². The Labute approximate surface area is 909 Å². The number of hydrogen-bond donors (Lipinski definition) is 20. The number of rotatable bonds is 18. The molecule has 0 aromatic carbocycles. The summed E-state index contributed by atoms with van der Waals surface area (Å²) in [6.45, 7) is 67.6. The highest BCUT2D eigenvalue weighted by atomic mass is 16.7. The van der Waals surface area contributed by atoms with Gasteiger partial charge in [-0.25, -0.2) is 0 Å². The summed E-state index contributed by atoms with van der Waals surface area (Å²) in [6.07, 6.45) is -7.44. The van der Waals surface area contributed by atoms with Crippen LogP contribution in [0.25, 0.3) is 0 Å². The number of aliphatic hydroxyl groups is 12. The molecule has 6 saturated heterocycles. The summed E-state index contributed by atoms with van der Waals surface area (Å²) in [4.78, 5) is 0. The van der Waals surface area contributed by atoms with Gasteiger partial charge in [0.05, 0.1) is 122 Å². The number of nitrogens with two attached hydrogens (primary N) is 8. The van der Waals surface area contributed by atoms with Gasteiger partial charge in [0.25, 0.3) is 0 Å². The van der Waals surface area contributed by atoms with Crippen molar-refractivity contribution in [1.29, 1.82) is 0 Å². The maximum atomic E-state index is 10.7. The van der Waals surface area contributed by atoms with Crippen LogP contribution in [0.5, 0.6) is 0 Å². The van der Waals surface area contributed by atoms with E-state index in [1.807, 2.05) is 83.1 Å². The predicted octanol–water partition coefficient (Wildman–Crippen LogP) is 15.8. The lowest BCUT2D eigenvalue weighted by Gasteiger charge is -2.47. The summed E-state index contributed by atoms with van der Waals surface area (Å²) in [5, 5.41) is 123. The average molecular weight is 2150 g/mol. The van der Waals surface area contributed by atoms with E-state index in [2.05, 4.69) is 132 Å². The Bertz CT molecular complexity index is 2730. The third kappa shape index (κ3) is 39.6. The van der Waals surface area contributed by atoms with E-state index >= 15 is 0 Å². The molecule has 6 saturated carbocycles. The second-order valence-corrected chi connectivity index (χ2v) is 44.6. The number of hydrogen-bond acceptors (Lipinski definition) is 32. The van der Waals surface area contributed by atoms with E-state index in [1.54, 1.807) is 6.92 Å². The van der Waals surface area contributed by atoms with E-state index in [9.17, 15) is 61.3 Å². The van der Waals surface area contributed by atoms with Crippen molar-refractivity contribution in [2.45, 2.75) is 595 Å². The summed E-state index contributed by atoms with van der Waals surface area (Å²) in [7, 11) is 0. The fourth-order valence-corrected chi connectivity index (χ4v) is 23.1. The Balaban J connectivity index is -0.000000259. The number of aliphatic hydroxyl groups excluding tert-OH is 12. The summed E-state index contributed by atoms with van der Waals surface area (Å²) < 4.78 is 72.5. The van der Waals surface area contributed by atoms with Crippen molar-refractivity contribution in [1.82, 2.24) is 0 Å². The molecule has 6 aliphatic heterocycles. The van der Waals surface area contributed by atoms with Crippen LogP contribution in [0.1, 0.15) is 375 Å². The van der Waals surface area contributed by atoms with Crippen LogP contribution in [-0.2, 0) is 56.8 Å². The van der Waals surface area contributed by atoms with Crippen molar-refractivity contribution in [3.05, 3.63) is 0 Å². The summed E-state index contributed by atoms with van der Waals surface area (Å²) >= 11 is 0. The normalized spacial score (nSPS) is 47.8. The summed E-state index contributed by atoms with van der Waals surface area (Å²) in [6, 6.07) is -2.14. The molecule has 0 aromatic heterocycles. The van der Waals surface area contributed by atoms with E-state index < -0.39 is 135 Å². The standard InChI is InChI=1S/2C19H36O3.C17H32O5.C16H30O6.C15H32N4O3.C14H30N4O4.2C2H6.12CH4/c2*1-8-16-14(6)13(5)15(7)19(21-16)22-18-11(3)9-10(2)12(4)17(18)20;1-6-12-15(20)13(18)11(5)17(21-12)22-16-9(3)7-8(2)10(4)14(16)19;1-5-10-13(19)12(18)9(4)16(21-10)22-15-8(3)6-7(2)11(17)14(15)20;1-6-7(2)12(19)15(21-11(6)5-16)22-14-10(18)4-9(17)8(3)13(14)20;1-5-6(2)10(18)14(21-9(5)4-15)22-13-8(17)3-7(16)11(19)12(13)20;2*1-2;;;;;;;;;;;;/h2*10-20H,8-9H2,1-7H3;8-20H,6-7H2,1-5H3;7-20H,5-6H2,1-4H3;6-15,20H,4-5,16-19H2,1-3H3;5-14,19-20H,3-4,15-18H2,1-2H3;2*1-2H3;12*1H4. The smallest absolute Gasteiger partial charge is 0.173 e. The molecule has 32 nitrogen and oxygen atoms in total. The van der Waals surface area contributed by atoms with E-state index in [-0.39, 0.29) is 240 Å². The van der Waals surface area contributed by atoms with Crippen molar-refractivity contribution >= 4 is 0 Å².